The normalized spacial score (nSPS) is 19.5. The van der Waals surface area contributed by atoms with Crippen LogP contribution in [0.15, 0.2) is 0 Å². The van der Waals surface area contributed by atoms with E-state index >= 15 is 0 Å². The molecule has 130 valence electrons. The van der Waals surface area contributed by atoms with Crippen molar-refractivity contribution >= 4 is 6.09 Å². The lowest BCUT2D eigenvalue weighted by molar-refractivity contribution is 0.0215. The molecule has 1 aliphatic heterocycles. The summed E-state index contributed by atoms with van der Waals surface area (Å²) >= 11 is 0. The third kappa shape index (κ3) is 6.15. The van der Waals surface area contributed by atoms with Crippen LogP contribution in [0.5, 0.6) is 0 Å². The molecule has 0 aromatic carbocycles. The highest BCUT2D eigenvalue weighted by molar-refractivity contribution is 5.68. The first-order chi connectivity index (χ1) is 10.1. The van der Waals surface area contributed by atoms with Crippen molar-refractivity contribution in [2.24, 2.45) is 0 Å². The summed E-state index contributed by atoms with van der Waals surface area (Å²) in [5.41, 5.74) is -0.406. The molecule has 0 aliphatic carbocycles. The minimum absolute atomic E-state index is 0.139. The van der Waals surface area contributed by atoms with Gasteiger partial charge in [0.1, 0.15) is 5.60 Å². The number of hydrogen-bond donors (Lipinski definition) is 0. The number of carbonyl (C=O) groups excluding carboxylic acids is 1. The van der Waals surface area contributed by atoms with Crippen molar-refractivity contribution in [2.45, 2.75) is 97.9 Å². The van der Waals surface area contributed by atoms with Crippen LogP contribution in [0.4, 0.5) is 4.79 Å². The molecule has 1 atom stereocenters. The van der Waals surface area contributed by atoms with E-state index < -0.39 is 5.60 Å². The summed E-state index contributed by atoms with van der Waals surface area (Å²) in [6, 6.07) is 1.51. The quantitative estimate of drug-likeness (QED) is 0.733. The number of nitrogens with zero attached hydrogens (tertiary/aromatic N) is 2. The zero-order chi connectivity index (χ0) is 16.9. The van der Waals surface area contributed by atoms with Gasteiger partial charge in [-0.25, -0.2) is 4.79 Å². The molecule has 1 heterocycles. The lowest BCUT2D eigenvalue weighted by atomic mass is 10.1. The van der Waals surface area contributed by atoms with Crippen molar-refractivity contribution in [3.05, 3.63) is 0 Å². The molecular weight excluding hydrogens is 276 g/mol. The highest BCUT2D eigenvalue weighted by Gasteiger charge is 2.31. The van der Waals surface area contributed by atoms with Gasteiger partial charge in [0.05, 0.1) is 0 Å². The first-order valence-corrected chi connectivity index (χ1v) is 8.87. The maximum absolute atomic E-state index is 12.3. The molecule has 1 aliphatic rings. The predicted molar refractivity (Wildman–Crippen MR) is 92.2 cm³/mol. The van der Waals surface area contributed by atoms with Gasteiger partial charge in [0.2, 0.25) is 0 Å². The van der Waals surface area contributed by atoms with Crippen molar-refractivity contribution in [3.8, 4) is 0 Å². The van der Waals surface area contributed by atoms with Crippen LogP contribution >= 0.6 is 0 Å². The molecule has 0 unspecified atom stereocenters. The Balaban J connectivity index is 2.46. The number of likely N-dealkylation sites (tertiary alicyclic amines) is 1. The predicted octanol–water partition coefficient (Wildman–Crippen LogP) is 4.28. The van der Waals surface area contributed by atoms with Crippen molar-refractivity contribution < 1.29 is 9.53 Å². The van der Waals surface area contributed by atoms with E-state index in [2.05, 4.69) is 32.6 Å². The molecule has 4 heteroatoms. The van der Waals surface area contributed by atoms with E-state index in [0.717, 1.165) is 38.8 Å². The highest BCUT2D eigenvalue weighted by atomic mass is 16.6. The molecule has 1 rings (SSSR count). The average Bonchev–Trinajstić information content (AvgIpc) is 2.79. The van der Waals surface area contributed by atoms with Gasteiger partial charge < -0.3 is 9.64 Å². The minimum atomic E-state index is -0.406. The van der Waals surface area contributed by atoms with Crippen molar-refractivity contribution in [2.75, 3.05) is 13.1 Å². The van der Waals surface area contributed by atoms with Gasteiger partial charge in [0.15, 0.2) is 0 Å². The third-order valence-corrected chi connectivity index (χ3v) is 4.29. The Kier molecular flexibility index (Phi) is 7.17. The summed E-state index contributed by atoms with van der Waals surface area (Å²) in [6.07, 6.45) is 4.29. The minimum Gasteiger partial charge on any atom is -0.444 e. The fourth-order valence-corrected chi connectivity index (χ4v) is 3.32. The zero-order valence-electron chi connectivity index (χ0n) is 15.7. The molecule has 0 saturated carbocycles. The SMILES string of the molecule is CC(C)N(CCC[C@@H]1CCCN1C(=O)OC(C)(C)C)C(C)C. The Morgan fingerprint density at radius 1 is 1.23 bits per heavy atom. The Morgan fingerprint density at radius 3 is 2.32 bits per heavy atom. The van der Waals surface area contributed by atoms with Gasteiger partial charge in [-0.1, -0.05) is 0 Å². The third-order valence-electron chi connectivity index (χ3n) is 4.29. The van der Waals surface area contributed by atoms with Crippen molar-refractivity contribution in [1.82, 2.24) is 9.80 Å². The van der Waals surface area contributed by atoms with Crippen molar-refractivity contribution in [1.29, 1.82) is 0 Å². The summed E-state index contributed by atoms with van der Waals surface area (Å²) in [5.74, 6) is 0. The first kappa shape index (κ1) is 19.3. The van der Waals surface area contributed by atoms with E-state index in [9.17, 15) is 4.79 Å². The van der Waals surface area contributed by atoms with Gasteiger partial charge in [-0.2, -0.15) is 0 Å². The van der Waals surface area contributed by atoms with Crippen LogP contribution in [0.25, 0.3) is 0 Å². The monoisotopic (exact) mass is 312 g/mol. The van der Waals surface area contributed by atoms with Gasteiger partial charge in [-0.15, -0.1) is 0 Å². The fourth-order valence-electron chi connectivity index (χ4n) is 3.32. The van der Waals surface area contributed by atoms with E-state index in [-0.39, 0.29) is 6.09 Å². The number of ether oxygens (including phenoxy) is 1. The van der Waals surface area contributed by atoms with Crippen LogP contribution in [0.2, 0.25) is 0 Å². The maximum Gasteiger partial charge on any atom is 0.410 e. The van der Waals surface area contributed by atoms with Crippen LogP contribution in [0.3, 0.4) is 0 Å². The molecule has 1 saturated heterocycles. The average molecular weight is 312 g/mol. The lowest BCUT2D eigenvalue weighted by Gasteiger charge is -2.32. The number of rotatable bonds is 6. The van der Waals surface area contributed by atoms with Crippen LogP contribution in [0, 0.1) is 0 Å². The van der Waals surface area contributed by atoms with Crippen LogP contribution in [-0.4, -0.2) is 52.7 Å². The summed E-state index contributed by atoms with van der Waals surface area (Å²) < 4.78 is 5.53. The maximum atomic E-state index is 12.3. The largest absolute Gasteiger partial charge is 0.444 e. The summed E-state index contributed by atoms with van der Waals surface area (Å²) in [5, 5.41) is 0. The van der Waals surface area contributed by atoms with E-state index in [1.807, 2.05) is 25.7 Å². The van der Waals surface area contributed by atoms with E-state index in [0.29, 0.717) is 18.1 Å². The van der Waals surface area contributed by atoms with E-state index in [1.165, 1.54) is 0 Å². The standard InChI is InChI=1S/C18H36N2O2/c1-14(2)19(15(3)4)12-8-10-16-11-9-13-20(16)17(21)22-18(5,6)7/h14-16H,8-13H2,1-7H3/t16-/m1/s1. The van der Waals surface area contributed by atoms with Gasteiger partial charge in [0.25, 0.3) is 0 Å². The molecule has 1 amide bonds. The number of carbonyl (C=O) groups is 1. The van der Waals surface area contributed by atoms with Gasteiger partial charge in [-0.3, -0.25) is 4.90 Å². The fraction of sp³-hybridized carbons (Fsp3) is 0.944. The van der Waals surface area contributed by atoms with Gasteiger partial charge >= 0.3 is 6.09 Å². The summed E-state index contributed by atoms with van der Waals surface area (Å²) in [4.78, 5) is 16.7. The Labute approximate surface area is 137 Å². The first-order valence-electron chi connectivity index (χ1n) is 8.87. The summed E-state index contributed by atoms with van der Waals surface area (Å²) in [7, 11) is 0. The Bertz CT molecular complexity index is 339. The lowest BCUT2D eigenvalue weighted by Crippen LogP contribution is -2.41. The molecule has 0 N–H and O–H groups in total. The van der Waals surface area contributed by atoms with Crippen LogP contribution in [0.1, 0.15) is 74.1 Å². The molecule has 4 nitrogen and oxygen atoms in total. The molecule has 0 aromatic heterocycles. The zero-order valence-corrected chi connectivity index (χ0v) is 15.7. The second kappa shape index (κ2) is 8.19. The molecule has 22 heavy (non-hydrogen) atoms. The number of hydrogen-bond acceptors (Lipinski definition) is 3. The topological polar surface area (TPSA) is 32.8 Å². The second-order valence-corrected chi connectivity index (χ2v) is 8.04. The molecule has 0 spiro atoms. The summed E-state index contributed by atoms with van der Waals surface area (Å²) in [6.45, 7) is 16.7. The van der Waals surface area contributed by atoms with E-state index in [4.69, 9.17) is 4.74 Å². The van der Waals surface area contributed by atoms with Gasteiger partial charge in [0, 0.05) is 24.7 Å². The van der Waals surface area contributed by atoms with Crippen LogP contribution in [-0.2, 0) is 4.74 Å². The van der Waals surface area contributed by atoms with Crippen molar-refractivity contribution in [3.63, 3.8) is 0 Å². The Hall–Kier alpha value is -0.770. The molecular formula is C18H36N2O2. The Morgan fingerprint density at radius 2 is 1.82 bits per heavy atom. The van der Waals surface area contributed by atoms with Gasteiger partial charge in [-0.05, 0) is 80.7 Å². The molecule has 0 aromatic rings. The number of amides is 1. The van der Waals surface area contributed by atoms with Crippen LogP contribution < -0.4 is 0 Å². The highest BCUT2D eigenvalue weighted by Crippen LogP contribution is 2.24. The molecule has 1 fully saturated rings. The molecule has 0 bridgehead atoms. The second-order valence-electron chi connectivity index (χ2n) is 8.04. The molecule has 0 radical (unpaired) electrons. The van der Waals surface area contributed by atoms with E-state index in [1.54, 1.807) is 0 Å². The smallest absolute Gasteiger partial charge is 0.410 e.